The summed E-state index contributed by atoms with van der Waals surface area (Å²) in [4.78, 5) is 16.5. The van der Waals surface area contributed by atoms with Crippen LogP contribution in [0.4, 0.5) is 20.9 Å². The average Bonchev–Trinajstić information content (AvgIpc) is 3.04. The summed E-state index contributed by atoms with van der Waals surface area (Å²) in [5, 5.41) is 8.37. The fraction of sp³-hybridized carbons (Fsp3) is 0.111. The van der Waals surface area contributed by atoms with Crippen molar-refractivity contribution in [2.24, 2.45) is 0 Å². The Bertz CT molecular complexity index is 848. The van der Waals surface area contributed by atoms with Gasteiger partial charge in [0.1, 0.15) is 11.6 Å². The van der Waals surface area contributed by atoms with Crippen LogP contribution in [0.5, 0.6) is 5.75 Å². The predicted molar refractivity (Wildman–Crippen MR) is 97.1 cm³/mol. The van der Waals surface area contributed by atoms with Gasteiger partial charge in [-0.2, -0.15) is 0 Å². The van der Waals surface area contributed by atoms with E-state index in [1.807, 2.05) is 5.38 Å². The van der Waals surface area contributed by atoms with Crippen LogP contribution in [0.1, 0.15) is 5.69 Å². The number of carbonyl (C=O) groups excluding carboxylic acids is 1. The summed E-state index contributed by atoms with van der Waals surface area (Å²) < 4.78 is 18.0. The number of carbonyl (C=O) groups is 1. The lowest BCUT2D eigenvalue weighted by atomic mass is 10.2. The normalized spacial score (nSPS) is 10.3. The van der Waals surface area contributed by atoms with Crippen molar-refractivity contribution in [2.45, 2.75) is 6.42 Å². The van der Waals surface area contributed by atoms with Gasteiger partial charge in [-0.1, -0.05) is 0 Å². The van der Waals surface area contributed by atoms with E-state index in [2.05, 4.69) is 15.6 Å². The molecule has 0 bridgehead atoms. The number of methoxy groups -OCH3 is 1. The summed E-state index contributed by atoms with van der Waals surface area (Å²) in [6.45, 7) is 0. The Kier molecular flexibility index (Phi) is 5.25. The molecule has 1 amide bonds. The van der Waals surface area contributed by atoms with Gasteiger partial charge in [0.2, 0.25) is 5.91 Å². The van der Waals surface area contributed by atoms with Gasteiger partial charge in [-0.25, -0.2) is 9.37 Å². The maximum Gasteiger partial charge on any atom is 0.230 e. The van der Waals surface area contributed by atoms with Crippen LogP contribution < -0.4 is 15.4 Å². The number of ether oxygens (including phenoxy) is 1. The topological polar surface area (TPSA) is 63.2 Å². The highest BCUT2D eigenvalue weighted by molar-refractivity contribution is 7.13. The molecule has 0 unspecified atom stereocenters. The number of rotatable bonds is 6. The van der Waals surface area contributed by atoms with E-state index in [9.17, 15) is 9.18 Å². The van der Waals surface area contributed by atoms with Crippen molar-refractivity contribution in [1.29, 1.82) is 0 Å². The first-order valence-corrected chi connectivity index (χ1v) is 8.41. The molecule has 0 saturated heterocycles. The smallest absolute Gasteiger partial charge is 0.230 e. The largest absolute Gasteiger partial charge is 0.497 e. The van der Waals surface area contributed by atoms with E-state index in [1.165, 1.54) is 23.5 Å². The van der Waals surface area contributed by atoms with Crippen molar-refractivity contribution in [3.05, 3.63) is 65.4 Å². The second-order valence-electron chi connectivity index (χ2n) is 5.23. The van der Waals surface area contributed by atoms with Crippen molar-refractivity contribution in [3.8, 4) is 5.75 Å². The Morgan fingerprint density at radius 2 is 1.80 bits per heavy atom. The van der Waals surface area contributed by atoms with E-state index < -0.39 is 0 Å². The molecule has 25 heavy (non-hydrogen) atoms. The lowest BCUT2D eigenvalue weighted by Gasteiger charge is -2.05. The van der Waals surface area contributed by atoms with Crippen molar-refractivity contribution in [2.75, 3.05) is 17.7 Å². The number of hydrogen-bond acceptors (Lipinski definition) is 5. The van der Waals surface area contributed by atoms with Crippen molar-refractivity contribution in [3.63, 3.8) is 0 Å². The van der Waals surface area contributed by atoms with Crippen LogP contribution in [-0.4, -0.2) is 18.0 Å². The molecule has 0 spiro atoms. The second-order valence-corrected chi connectivity index (χ2v) is 6.09. The first kappa shape index (κ1) is 16.9. The Hall–Kier alpha value is -2.93. The number of amides is 1. The van der Waals surface area contributed by atoms with Crippen molar-refractivity contribution < 1.29 is 13.9 Å². The van der Waals surface area contributed by atoms with Crippen LogP contribution in [-0.2, 0) is 11.2 Å². The first-order chi connectivity index (χ1) is 12.1. The summed E-state index contributed by atoms with van der Waals surface area (Å²) in [6.07, 6.45) is 0.174. The number of anilines is 3. The first-order valence-electron chi connectivity index (χ1n) is 7.53. The van der Waals surface area contributed by atoms with Crippen LogP contribution in [0.3, 0.4) is 0 Å². The van der Waals surface area contributed by atoms with E-state index in [0.29, 0.717) is 16.5 Å². The van der Waals surface area contributed by atoms with Gasteiger partial charge in [-0.3, -0.25) is 4.79 Å². The van der Waals surface area contributed by atoms with Crippen LogP contribution >= 0.6 is 11.3 Å². The summed E-state index contributed by atoms with van der Waals surface area (Å²) in [5.41, 5.74) is 2.11. The molecule has 1 heterocycles. The minimum absolute atomic E-state index is 0.149. The van der Waals surface area contributed by atoms with Gasteiger partial charge in [0, 0.05) is 16.8 Å². The lowest BCUT2D eigenvalue weighted by molar-refractivity contribution is -0.115. The minimum Gasteiger partial charge on any atom is -0.497 e. The molecule has 2 N–H and O–H groups in total. The molecule has 0 radical (unpaired) electrons. The highest BCUT2D eigenvalue weighted by Gasteiger charge is 2.09. The SMILES string of the molecule is COc1ccc(NC(=O)Cc2csc(Nc3ccc(F)cc3)n2)cc1. The Morgan fingerprint density at radius 1 is 1.12 bits per heavy atom. The molecule has 0 aliphatic rings. The molecule has 0 fully saturated rings. The highest BCUT2D eigenvalue weighted by Crippen LogP contribution is 2.22. The molecule has 0 aliphatic carbocycles. The van der Waals surface area contributed by atoms with Crippen molar-refractivity contribution >= 4 is 33.8 Å². The molecule has 3 aromatic rings. The molecule has 0 atom stereocenters. The summed E-state index contributed by atoms with van der Waals surface area (Å²) in [7, 11) is 1.59. The van der Waals surface area contributed by atoms with E-state index in [-0.39, 0.29) is 18.1 Å². The molecule has 3 rings (SSSR count). The third-order valence-corrected chi connectivity index (χ3v) is 4.17. The lowest BCUT2D eigenvalue weighted by Crippen LogP contribution is -2.14. The number of nitrogens with zero attached hydrogens (tertiary/aromatic N) is 1. The zero-order chi connectivity index (χ0) is 17.6. The molecule has 2 aromatic carbocycles. The standard InChI is InChI=1S/C18H16FN3O2S/c1-24-16-8-6-13(7-9-16)20-17(23)10-15-11-25-18(22-15)21-14-4-2-12(19)3-5-14/h2-9,11H,10H2,1H3,(H,20,23)(H,21,22). The number of nitrogens with one attached hydrogen (secondary N) is 2. The van der Waals surface area contributed by atoms with Crippen LogP contribution in [0.25, 0.3) is 0 Å². The maximum atomic E-state index is 12.9. The summed E-state index contributed by atoms with van der Waals surface area (Å²) >= 11 is 1.39. The molecule has 0 saturated carbocycles. The highest BCUT2D eigenvalue weighted by atomic mass is 32.1. The van der Waals surface area contributed by atoms with E-state index in [1.54, 1.807) is 43.5 Å². The molecule has 5 nitrogen and oxygen atoms in total. The Balaban J connectivity index is 1.56. The van der Waals surface area contributed by atoms with Gasteiger partial charge in [0.25, 0.3) is 0 Å². The van der Waals surface area contributed by atoms with E-state index in [0.717, 1.165) is 11.4 Å². The number of halogens is 1. The molecular weight excluding hydrogens is 341 g/mol. The van der Waals surface area contributed by atoms with Gasteiger partial charge in [-0.05, 0) is 48.5 Å². The number of benzene rings is 2. The third kappa shape index (κ3) is 4.77. The molecular formula is C18H16FN3O2S. The zero-order valence-corrected chi connectivity index (χ0v) is 14.3. The van der Waals surface area contributed by atoms with E-state index >= 15 is 0 Å². The fourth-order valence-electron chi connectivity index (χ4n) is 2.15. The second kappa shape index (κ2) is 7.76. The average molecular weight is 357 g/mol. The third-order valence-electron chi connectivity index (χ3n) is 3.36. The maximum absolute atomic E-state index is 12.9. The van der Waals surface area contributed by atoms with Crippen molar-refractivity contribution in [1.82, 2.24) is 4.98 Å². The monoisotopic (exact) mass is 357 g/mol. The molecule has 7 heteroatoms. The predicted octanol–water partition coefficient (Wildman–Crippen LogP) is 4.22. The fourth-order valence-corrected chi connectivity index (χ4v) is 2.88. The quantitative estimate of drug-likeness (QED) is 0.693. The van der Waals surface area contributed by atoms with Gasteiger partial charge in [0.15, 0.2) is 5.13 Å². The minimum atomic E-state index is -0.291. The molecule has 128 valence electrons. The molecule has 1 aromatic heterocycles. The van der Waals surface area contributed by atoms with Gasteiger partial charge in [-0.15, -0.1) is 11.3 Å². The van der Waals surface area contributed by atoms with Crippen LogP contribution in [0, 0.1) is 5.82 Å². The Labute approximate surface area is 148 Å². The van der Waals surface area contributed by atoms with Gasteiger partial charge in [0.05, 0.1) is 19.2 Å². The van der Waals surface area contributed by atoms with Crippen LogP contribution in [0.2, 0.25) is 0 Å². The van der Waals surface area contributed by atoms with Crippen LogP contribution in [0.15, 0.2) is 53.9 Å². The number of aromatic nitrogens is 1. The zero-order valence-electron chi connectivity index (χ0n) is 13.5. The Morgan fingerprint density at radius 3 is 2.48 bits per heavy atom. The summed E-state index contributed by atoms with van der Waals surface area (Å²) in [6, 6.07) is 13.1. The van der Waals surface area contributed by atoms with Gasteiger partial charge >= 0.3 is 0 Å². The summed E-state index contributed by atoms with van der Waals surface area (Å²) in [5.74, 6) is 0.290. The van der Waals surface area contributed by atoms with E-state index in [4.69, 9.17) is 4.74 Å². The number of thiazole rings is 1. The number of hydrogen-bond donors (Lipinski definition) is 2. The van der Waals surface area contributed by atoms with Gasteiger partial charge < -0.3 is 15.4 Å². The molecule has 0 aliphatic heterocycles.